The molecule has 0 aromatic heterocycles. The zero-order valence-corrected chi connectivity index (χ0v) is 22.3. The number of anilines is 1. The van der Waals surface area contributed by atoms with Crippen molar-refractivity contribution in [1.29, 1.82) is 0 Å². The van der Waals surface area contributed by atoms with Crippen LogP contribution in [0.15, 0.2) is 66.7 Å². The largest absolute Gasteiger partial charge is 0.488 e. The van der Waals surface area contributed by atoms with Crippen molar-refractivity contribution in [2.45, 2.75) is 32.0 Å². The molecule has 3 aliphatic heterocycles. The van der Waals surface area contributed by atoms with Crippen molar-refractivity contribution >= 4 is 29.3 Å². The summed E-state index contributed by atoms with van der Waals surface area (Å²) in [7, 11) is 0. The predicted octanol–water partition coefficient (Wildman–Crippen LogP) is 3.13. The maximum atomic E-state index is 13.3. The number of piperidine rings is 1. The number of nitrogens with one attached hydrogen (secondary N) is 1. The molecule has 210 valence electrons. The van der Waals surface area contributed by atoms with Gasteiger partial charge in [-0.15, -0.1) is 0 Å². The highest BCUT2D eigenvalue weighted by Gasteiger charge is 2.46. The molecule has 3 heterocycles. The molecule has 41 heavy (non-hydrogen) atoms. The second-order valence-electron chi connectivity index (χ2n) is 10.5. The predicted molar refractivity (Wildman–Crippen MR) is 148 cm³/mol. The molecule has 0 aliphatic carbocycles. The number of hydrogen-bond donors (Lipinski definition) is 1. The zero-order valence-electron chi connectivity index (χ0n) is 22.3. The second-order valence-corrected chi connectivity index (χ2v) is 10.5. The van der Waals surface area contributed by atoms with Crippen molar-refractivity contribution in [3.05, 3.63) is 94.8 Å². The topological polar surface area (TPSA) is 99.3 Å². The Bertz CT molecular complexity index is 1500. The molecular weight excluding hydrogens is 527 g/mol. The average Bonchev–Trinajstić information content (AvgIpc) is 3.23. The maximum Gasteiger partial charge on any atom is 0.266 e. The summed E-state index contributed by atoms with van der Waals surface area (Å²) in [6, 6.07) is 18.5. The van der Waals surface area contributed by atoms with Gasteiger partial charge in [0.2, 0.25) is 11.8 Å². The number of hydrogen-bond acceptors (Lipinski definition) is 7. The average molecular weight is 557 g/mol. The molecule has 0 spiro atoms. The summed E-state index contributed by atoms with van der Waals surface area (Å²) in [5.74, 6) is -2.17. The smallest absolute Gasteiger partial charge is 0.266 e. The minimum absolute atomic E-state index is 0.0648. The lowest BCUT2D eigenvalue weighted by molar-refractivity contribution is -0.136. The van der Waals surface area contributed by atoms with Crippen LogP contribution in [0.1, 0.15) is 44.7 Å². The molecule has 2 fully saturated rings. The molecule has 3 aliphatic rings. The van der Waals surface area contributed by atoms with Crippen LogP contribution in [0.5, 0.6) is 5.75 Å². The fourth-order valence-corrected chi connectivity index (χ4v) is 5.58. The number of imide groups is 2. The van der Waals surface area contributed by atoms with Crippen LogP contribution in [-0.4, -0.2) is 65.6 Å². The Balaban J connectivity index is 1.05. The van der Waals surface area contributed by atoms with Crippen LogP contribution in [-0.2, 0) is 22.7 Å². The molecule has 6 rings (SSSR count). The molecule has 10 heteroatoms. The van der Waals surface area contributed by atoms with Crippen molar-refractivity contribution in [1.82, 2.24) is 15.1 Å². The highest BCUT2D eigenvalue weighted by Crippen LogP contribution is 2.34. The third kappa shape index (κ3) is 5.43. The highest BCUT2D eigenvalue weighted by atomic mass is 19.1. The van der Waals surface area contributed by atoms with Crippen LogP contribution < -0.4 is 15.0 Å². The van der Waals surface area contributed by atoms with Gasteiger partial charge < -0.3 is 9.64 Å². The number of fused-ring (bicyclic) bond motifs is 1. The first-order chi connectivity index (χ1) is 19.9. The lowest BCUT2D eigenvalue weighted by Gasteiger charge is -2.36. The van der Waals surface area contributed by atoms with Gasteiger partial charge in [-0.05, 0) is 53.9 Å². The van der Waals surface area contributed by atoms with Crippen molar-refractivity contribution in [3.63, 3.8) is 0 Å². The molecule has 1 N–H and O–H groups in total. The van der Waals surface area contributed by atoms with Gasteiger partial charge in [0.1, 0.15) is 24.2 Å². The standard InChI is InChI=1S/C31H29FN4O5/c32-22-8-10-23(11-9-22)35-16-14-34(15-17-35)18-20-4-6-21(7-5-20)19-41-26-3-1-2-24-28(26)31(40)36(30(24)39)25-12-13-27(37)33-29(25)38/h1-11,25H,12-19H2,(H,33,37,38). The lowest BCUT2D eigenvalue weighted by atomic mass is 10.0. The molecule has 0 bridgehead atoms. The third-order valence-corrected chi connectivity index (χ3v) is 7.82. The molecular formula is C31H29FN4O5. The number of ether oxygens (including phenoxy) is 1. The Labute approximate surface area is 236 Å². The van der Waals surface area contributed by atoms with E-state index in [0.29, 0.717) is 0 Å². The summed E-state index contributed by atoms with van der Waals surface area (Å²) in [6.07, 6.45) is 0.165. The van der Waals surface area contributed by atoms with Crippen molar-refractivity contribution < 1.29 is 28.3 Å². The monoisotopic (exact) mass is 556 g/mol. The van der Waals surface area contributed by atoms with E-state index in [4.69, 9.17) is 4.74 Å². The van der Waals surface area contributed by atoms with Gasteiger partial charge in [0, 0.05) is 44.8 Å². The number of carbonyl (C=O) groups excluding carboxylic acids is 4. The second kappa shape index (κ2) is 11.1. The first kappa shape index (κ1) is 26.6. The van der Waals surface area contributed by atoms with Gasteiger partial charge in [0.25, 0.3) is 11.8 Å². The number of halogens is 1. The maximum absolute atomic E-state index is 13.3. The van der Waals surface area contributed by atoms with Crippen molar-refractivity contribution in [3.8, 4) is 5.75 Å². The summed E-state index contributed by atoms with van der Waals surface area (Å²) in [5.41, 5.74) is 3.44. The quantitative estimate of drug-likeness (QED) is 0.447. The van der Waals surface area contributed by atoms with Crippen LogP contribution in [0.4, 0.5) is 10.1 Å². The molecule has 3 aromatic carbocycles. The van der Waals surface area contributed by atoms with E-state index >= 15 is 0 Å². The Morgan fingerprint density at radius 1 is 0.829 bits per heavy atom. The summed E-state index contributed by atoms with van der Waals surface area (Å²) in [4.78, 5) is 55.7. The molecule has 0 saturated carbocycles. The SMILES string of the molecule is O=C1CCC(N2C(=O)c3cccc(OCc4ccc(CN5CCN(c6ccc(F)cc6)CC5)cc4)c3C2=O)C(=O)N1. The minimum atomic E-state index is -1.02. The van der Waals surface area contributed by atoms with E-state index in [1.165, 1.54) is 17.7 Å². The Kier molecular flexibility index (Phi) is 7.23. The molecule has 1 atom stereocenters. The van der Waals surface area contributed by atoms with Gasteiger partial charge in [-0.1, -0.05) is 30.3 Å². The molecule has 3 aromatic rings. The summed E-state index contributed by atoms with van der Waals surface area (Å²) in [6.45, 7) is 4.58. The number of benzene rings is 3. The number of nitrogens with zero attached hydrogens (tertiary/aromatic N) is 3. The van der Waals surface area contributed by atoms with E-state index < -0.39 is 29.7 Å². The van der Waals surface area contributed by atoms with Gasteiger partial charge in [-0.2, -0.15) is 0 Å². The first-order valence-electron chi connectivity index (χ1n) is 13.7. The van der Waals surface area contributed by atoms with Crippen LogP contribution in [0.3, 0.4) is 0 Å². The highest BCUT2D eigenvalue weighted by molar-refractivity contribution is 6.24. The number of piperazine rings is 1. The summed E-state index contributed by atoms with van der Waals surface area (Å²) >= 11 is 0. The van der Waals surface area contributed by atoms with E-state index in [-0.39, 0.29) is 42.1 Å². The number of carbonyl (C=O) groups is 4. The van der Waals surface area contributed by atoms with E-state index in [0.717, 1.165) is 48.9 Å². The Morgan fingerprint density at radius 2 is 1.54 bits per heavy atom. The minimum Gasteiger partial charge on any atom is -0.488 e. The molecule has 0 radical (unpaired) electrons. The van der Waals surface area contributed by atoms with Gasteiger partial charge >= 0.3 is 0 Å². The fraction of sp³-hybridized carbons (Fsp3) is 0.290. The Morgan fingerprint density at radius 3 is 2.24 bits per heavy atom. The van der Waals surface area contributed by atoms with E-state index in [1.54, 1.807) is 18.2 Å². The third-order valence-electron chi connectivity index (χ3n) is 7.82. The molecule has 1 unspecified atom stereocenters. The van der Waals surface area contributed by atoms with Crippen LogP contribution in [0.2, 0.25) is 0 Å². The van der Waals surface area contributed by atoms with Gasteiger partial charge in [0.15, 0.2) is 0 Å². The fourth-order valence-electron chi connectivity index (χ4n) is 5.58. The van der Waals surface area contributed by atoms with Crippen LogP contribution in [0.25, 0.3) is 0 Å². The lowest BCUT2D eigenvalue weighted by Crippen LogP contribution is -2.54. The molecule has 9 nitrogen and oxygen atoms in total. The zero-order chi connectivity index (χ0) is 28.5. The van der Waals surface area contributed by atoms with E-state index in [1.807, 2.05) is 24.3 Å². The number of amides is 4. The normalized spacial score (nSPS) is 19.4. The van der Waals surface area contributed by atoms with Gasteiger partial charge in [0.05, 0.1) is 11.1 Å². The molecule has 4 amide bonds. The van der Waals surface area contributed by atoms with E-state index in [9.17, 15) is 23.6 Å². The van der Waals surface area contributed by atoms with Crippen LogP contribution in [0, 0.1) is 5.82 Å². The van der Waals surface area contributed by atoms with E-state index in [2.05, 4.69) is 27.2 Å². The number of rotatable bonds is 7. The summed E-state index contributed by atoms with van der Waals surface area (Å²) < 4.78 is 19.2. The van der Waals surface area contributed by atoms with Gasteiger partial charge in [-0.3, -0.25) is 34.3 Å². The van der Waals surface area contributed by atoms with Crippen LogP contribution >= 0.6 is 0 Å². The summed E-state index contributed by atoms with van der Waals surface area (Å²) in [5, 5.41) is 2.20. The van der Waals surface area contributed by atoms with Gasteiger partial charge in [-0.25, -0.2) is 4.39 Å². The molecule has 2 saturated heterocycles. The first-order valence-corrected chi connectivity index (χ1v) is 13.7. The van der Waals surface area contributed by atoms with Crippen molar-refractivity contribution in [2.24, 2.45) is 0 Å². The van der Waals surface area contributed by atoms with Crippen molar-refractivity contribution in [2.75, 3.05) is 31.1 Å². The Hall–Kier alpha value is -4.57.